The van der Waals surface area contributed by atoms with Crippen LogP contribution in [0.1, 0.15) is 32.7 Å². The normalized spacial score (nSPS) is 20.1. The van der Waals surface area contributed by atoms with E-state index in [0.717, 1.165) is 4.90 Å². The van der Waals surface area contributed by atoms with Crippen LogP contribution in [-0.4, -0.2) is 72.1 Å². The summed E-state index contributed by atoms with van der Waals surface area (Å²) in [6.45, 7) is -1.25. The van der Waals surface area contributed by atoms with Gasteiger partial charge in [-0.15, -0.1) is 0 Å². The van der Waals surface area contributed by atoms with Crippen LogP contribution in [0.3, 0.4) is 0 Å². The zero-order chi connectivity index (χ0) is 23.3. The molecule has 0 unspecified atom stereocenters. The molecule has 8 nitrogen and oxygen atoms in total. The van der Waals surface area contributed by atoms with E-state index in [-0.39, 0.29) is 24.4 Å². The molecule has 0 aromatic heterocycles. The van der Waals surface area contributed by atoms with Crippen LogP contribution in [0.5, 0.6) is 0 Å². The van der Waals surface area contributed by atoms with Crippen molar-refractivity contribution in [2.75, 3.05) is 26.8 Å². The first-order valence-electron chi connectivity index (χ1n) is 9.92. The van der Waals surface area contributed by atoms with Crippen molar-refractivity contribution in [3.05, 3.63) is 71.3 Å². The van der Waals surface area contributed by atoms with E-state index in [4.69, 9.17) is 4.74 Å². The summed E-state index contributed by atoms with van der Waals surface area (Å²) in [4.78, 5) is 49.7. The van der Waals surface area contributed by atoms with Crippen LogP contribution < -0.4 is 5.32 Å². The smallest absolute Gasteiger partial charge is 0.326 e. The summed E-state index contributed by atoms with van der Waals surface area (Å²) in [6, 6.07) is 13.3. The molecule has 1 heterocycles. The lowest BCUT2D eigenvalue weighted by Crippen LogP contribution is -2.46. The fraction of sp³-hybridized carbons (Fsp3) is 0.304. The van der Waals surface area contributed by atoms with E-state index >= 15 is 0 Å². The van der Waals surface area contributed by atoms with Crippen LogP contribution >= 0.6 is 0 Å². The molecule has 0 bridgehead atoms. The quantitative estimate of drug-likeness (QED) is 0.602. The van der Waals surface area contributed by atoms with E-state index < -0.39 is 42.6 Å². The third-order valence-electron chi connectivity index (χ3n) is 5.24. The Hall–Kier alpha value is -3.59. The Morgan fingerprint density at radius 1 is 1.06 bits per heavy atom. The Labute approximate surface area is 184 Å². The molecule has 1 aliphatic heterocycles. The molecule has 2 amide bonds. The molecule has 1 fully saturated rings. The number of halogens is 1. The van der Waals surface area contributed by atoms with Crippen molar-refractivity contribution in [2.24, 2.45) is 0 Å². The van der Waals surface area contributed by atoms with Gasteiger partial charge in [0.1, 0.15) is 6.04 Å². The number of carboxylic acid groups (broad SMARTS) is 1. The standard InChI is InChI=1S/C23H23FN2O6/c1-32-14-23(24)11-18(22(30)31)26(13-23)19(27)12-25-21(29)17-9-7-16(8-10-17)20(28)15-5-3-2-4-6-15/h2-10,18H,11-14H2,1H3,(H,25,29)(H,30,31)/t18-,23+/m0/s1. The second-order valence-electron chi connectivity index (χ2n) is 7.62. The number of alkyl halides is 1. The first kappa shape index (κ1) is 23.1. The molecule has 168 valence electrons. The molecular formula is C23H23FN2O6. The lowest BCUT2D eigenvalue weighted by atomic mass is 10.0. The van der Waals surface area contributed by atoms with Gasteiger partial charge >= 0.3 is 5.97 Å². The number of amides is 2. The van der Waals surface area contributed by atoms with Crippen LogP contribution in [0, 0.1) is 0 Å². The predicted octanol–water partition coefficient (Wildman–Crippen LogP) is 1.69. The molecule has 1 aliphatic rings. The Morgan fingerprint density at radius 3 is 2.25 bits per heavy atom. The van der Waals surface area contributed by atoms with Gasteiger partial charge in [0.25, 0.3) is 5.91 Å². The minimum absolute atomic E-state index is 0.188. The van der Waals surface area contributed by atoms with Crippen molar-refractivity contribution in [1.82, 2.24) is 10.2 Å². The average molecular weight is 442 g/mol. The topological polar surface area (TPSA) is 113 Å². The van der Waals surface area contributed by atoms with Crippen LogP contribution in [0.4, 0.5) is 4.39 Å². The number of methoxy groups -OCH3 is 1. The van der Waals surface area contributed by atoms with Crippen molar-refractivity contribution >= 4 is 23.6 Å². The van der Waals surface area contributed by atoms with E-state index in [2.05, 4.69) is 5.32 Å². The maximum atomic E-state index is 14.7. The summed E-state index contributed by atoms with van der Waals surface area (Å²) in [5.74, 6) is -2.80. The van der Waals surface area contributed by atoms with Crippen LogP contribution in [0.25, 0.3) is 0 Å². The number of nitrogens with zero attached hydrogens (tertiary/aromatic N) is 1. The number of likely N-dealkylation sites (tertiary alicyclic amines) is 1. The molecule has 1 saturated heterocycles. The van der Waals surface area contributed by atoms with Gasteiger partial charge in [-0.05, 0) is 12.1 Å². The van der Waals surface area contributed by atoms with Crippen molar-refractivity contribution in [3.63, 3.8) is 0 Å². The Morgan fingerprint density at radius 2 is 1.66 bits per heavy atom. The monoisotopic (exact) mass is 442 g/mol. The number of carboxylic acids is 1. The summed E-state index contributed by atoms with van der Waals surface area (Å²) in [5, 5.41) is 11.7. The Bertz CT molecular complexity index is 1010. The van der Waals surface area contributed by atoms with Crippen LogP contribution in [0.2, 0.25) is 0 Å². The van der Waals surface area contributed by atoms with Gasteiger partial charge in [0.05, 0.1) is 19.7 Å². The van der Waals surface area contributed by atoms with Gasteiger partial charge in [0.2, 0.25) is 5.91 Å². The van der Waals surface area contributed by atoms with Gasteiger partial charge < -0.3 is 20.1 Å². The van der Waals surface area contributed by atoms with Gasteiger partial charge in [-0.1, -0.05) is 42.5 Å². The van der Waals surface area contributed by atoms with Crippen molar-refractivity contribution in [3.8, 4) is 0 Å². The van der Waals surface area contributed by atoms with Gasteiger partial charge in [0, 0.05) is 30.2 Å². The SMILES string of the molecule is COC[C@@]1(F)C[C@@H](C(=O)O)N(C(=O)CNC(=O)c2ccc(C(=O)c3ccccc3)cc2)C1. The zero-order valence-corrected chi connectivity index (χ0v) is 17.4. The highest BCUT2D eigenvalue weighted by Gasteiger charge is 2.49. The first-order valence-corrected chi connectivity index (χ1v) is 9.92. The lowest BCUT2D eigenvalue weighted by molar-refractivity contribution is -0.147. The third kappa shape index (κ3) is 5.17. The zero-order valence-electron chi connectivity index (χ0n) is 17.4. The minimum atomic E-state index is -1.96. The van der Waals surface area contributed by atoms with E-state index in [1.165, 1.54) is 31.4 Å². The number of benzene rings is 2. The predicted molar refractivity (Wildman–Crippen MR) is 112 cm³/mol. The van der Waals surface area contributed by atoms with Crippen LogP contribution in [-0.2, 0) is 14.3 Å². The molecule has 2 aromatic carbocycles. The highest BCUT2D eigenvalue weighted by molar-refractivity contribution is 6.09. The van der Waals surface area contributed by atoms with E-state index in [1.807, 2.05) is 0 Å². The molecule has 3 rings (SSSR count). The van der Waals surface area contributed by atoms with Crippen molar-refractivity contribution < 1.29 is 33.4 Å². The maximum absolute atomic E-state index is 14.7. The number of hydrogen-bond donors (Lipinski definition) is 2. The van der Waals surface area contributed by atoms with Gasteiger partial charge in [-0.25, -0.2) is 9.18 Å². The second-order valence-corrected chi connectivity index (χ2v) is 7.62. The molecule has 2 N–H and O–H groups in total. The molecule has 0 spiro atoms. The third-order valence-corrected chi connectivity index (χ3v) is 5.24. The fourth-order valence-electron chi connectivity index (χ4n) is 3.67. The van der Waals surface area contributed by atoms with E-state index in [0.29, 0.717) is 11.1 Å². The average Bonchev–Trinajstić information content (AvgIpc) is 3.15. The summed E-state index contributed by atoms with van der Waals surface area (Å²) >= 11 is 0. The molecule has 32 heavy (non-hydrogen) atoms. The number of carbonyl (C=O) groups excluding carboxylic acids is 3. The Kier molecular flexibility index (Phi) is 6.99. The molecule has 2 atom stereocenters. The van der Waals surface area contributed by atoms with Gasteiger partial charge in [-0.3, -0.25) is 14.4 Å². The van der Waals surface area contributed by atoms with E-state index in [9.17, 15) is 28.7 Å². The number of aliphatic carboxylic acids is 1. The molecular weight excluding hydrogens is 419 g/mol. The molecule has 2 aromatic rings. The van der Waals surface area contributed by atoms with Gasteiger partial charge in [-0.2, -0.15) is 0 Å². The second kappa shape index (κ2) is 9.69. The first-order chi connectivity index (χ1) is 15.2. The largest absolute Gasteiger partial charge is 0.480 e. The number of hydrogen-bond acceptors (Lipinski definition) is 5. The fourth-order valence-corrected chi connectivity index (χ4v) is 3.67. The highest BCUT2D eigenvalue weighted by Crippen LogP contribution is 2.31. The summed E-state index contributed by atoms with van der Waals surface area (Å²) in [7, 11) is 1.29. The van der Waals surface area contributed by atoms with Crippen LogP contribution in [0.15, 0.2) is 54.6 Å². The molecule has 0 saturated carbocycles. The summed E-state index contributed by atoms with van der Waals surface area (Å²) < 4.78 is 19.5. The molecule has 0 aliphatic carbocycles. The summed E-state index contributed by atoms with van der Waals surface area (Å²) in [6.07, 6.45) is -0.382. The highest BCUT2D eigenvalue weighted by atomic mass is 19.1. The van der Waals surface area contributed by atoms with Crippen molar-refractivity contribution in [1.29, 1.82) is 0 Å². The number of ether oxygens (including phenoxy) is 1. The number of nitrogens with one attached hydrogen (secondary N) is 1. The van der Waals surface area contributed by atoms with Gasteiger partial charge in [0.15, 0.2) is 11.5 Å². The number of ketones is 1. The van der Waals surface area contributed by atoms with E-state index in [1.54, 1.807) is 30.3 Å². The Balaban J connectivity index is 1.61. The summed E-state index contributed by atoms with van der Waals surface area (Å²) in [5.41, 5.74) is -0.815. The maximum Gasteiger partial charge on any atom is 0.326 e. The lowest BCUT2D eigenvalue weighted by Gasteiger charge is -2.22. The molecule has 9 heteroatoms. The van der Waals surface area contributed by atoms with Crippen molar-refractivity contribution in [2.45, 2.75) is 18.1 Å². The minimum Gasteiger partial charge on any atom is -0.480 e. The number of rotatable bonds is 8. The molecule has 0 radical (unpaired) electrons. The number of carbonyl (C=O) groups is 4.